The van der Waals surface area contributed by atoms with Crippen LogP contribution in [0.1, 0.15) is 6.92 Å². The van der Waals surface area contributed by atoms with Gasteiger partial charge in [-0.2, -0.15) is 4.99 Å². The average Bonchev–Trinajstić information content (AvgIpc) is 2.19. The molecule has 80 valence electrons. The molecular formula is C10H11ClN2O2. The van der Waals surface area contributed by atoms with Crippen molar-refractivity contribution in [3.8, 4) is 0 Å². The fourth-order valence-corrected chi connectivity index (χ4v) is 0.995. The van der Waals surface area contributed by atoms with E-state index in [2.05, 4.69) is 11.6 Å². The Morgan fingerprint density at radius 3 is 2.53 bits per heavy atom. The summed E-state index contributed by atoms with van der Waals surface area (Å²) in [6.07, 6.45) is 0. The Morgan fingerprint density at radius 2 is 2.07 bits per heavy atom. The van der Waals surface area contributed by atoms with Crippen LogP contribution in [-0.4, -0.2) is 11.2 Å². The van der Waals surface area contributed by atoms with Crippen LogP contribution >= 0.6 is 11.6 Å². The van der Waals surface area contributed by atoms with Crippen LogP contribution in [0.4, 0.5) is 5.69 Å². The Hall–Kier alpha value is -1.52. The molecule has 0 amide bonds. The molecular weight excluding hydrogens is 216 g/mol. The van der Waals surface area contributed by atoms with Crippen molar-refractivity contribution in [3.05, 3.63) is 41.6 Å². The SMILES string of the molecule is C=C(C)OC(=Nc1ccc(Cl)cc1)NO. The number of ether oxygens (including phenoxy) is 1. The quantitative estimate of drug-likeness (QED) is 0.353. The zero-order valence-corrected chi connectivity index (χ0v) is 8.95. The van der Waals surface area contributed by atoms with Crippen molar-refractivity contribution in [1.29, 1.82) is 0 Å². The summed E-state index contributed by atoms with van der Waals surface area (Å²) in [5, 5.41) is 9.34. The molecule has 1 rings (SSSR count). The van der Waals surface area contributed by atoms with E-state index in [0.29, 0.717) is 16.5 Å². The maximum Gasteiger partial charge on any atom is 0.319 e. The van der Waals surface area contributed by atoms with E-state index in [-0.39, 0.29) is 6.02 Å². The highest BCUT2D eigenvalue weighted by Crippen LogP contribution is 2.16. The van der Waals surface area contributed by atoms with Crippen LogP contribution in [0.3, 0.4) is 0 Å². The number of halogens is 1. The molecule has 1 aromatic carbocycles. The molecule has 0 saturated carbocycles. The van der Waals surface area contributed by atoms with Crippen molar-refractivity contribution in [1.82, 2.24) is 5.48 Å². The number of hydrogen-bond donors (Lipinski definition) is 2. The van der Waals surface area contributed by atoms with Crippen LogP contribution in [0, 0.1) is 0 Å². The van der Waals surface area contributed by atoms with Crippen molar-refractivity contribution >= 4 is 23.3 Å². The summed E-state index contributed by atoms with van der Waals surface area (Å²) in [7, 11) is 0. The molecule has 0 atom stereocenters. The van der Waals surface area contributed by atoms with Gasteiger partial charge >= 0.3 is 6.02 Å². The third kappa shape index (κ3) is 4.01. The Kier molecular flexibility index (Phi) is 4.15. The molecule has 0 aromatic heterocycles. The van der Waals surface area contributed by atoms with Gasteiger partial charge in [-0.05, 0) is 31.2 Å². The molecule has 4 nitrogen and oxygen atoms in total. The number of nitrogens with zero attached hydrogens (tertiary/aromatic N) is 1. The monoisotopic (exact) mass is 226 g/mol. The van der Waals surface area contributed by atoms with E-state index in [1.54, 1.807) is 31.2 Å². The molecule has 0 aliphatic carbocycles. The fourth-order valence-electron chi connectivity index (χ4n) is 0.869. The zero-order valence-electron chi connectivity index (χ0n) is 8.20. The van der Waals surface area contributed by atoms with Crippen molar-refractivity contribution in [3.63, 3.8) is 0 Å². The largest absolute Gasteiger partial charge is 0.430 e. The number of nitrogens with one attached hydrogen (secondary N) is 1. The second kappa shape index (κ2) is 5.38. The van der Waals surface area contributed by atoms with Gasteiger partial charge in [0.15, 0.2) is 0 Å². The van der Waals surface area contributed by atoms with E-state index < -0.39 is 0 Å². The predicted molar refractivity (Wildman–Crippen MR) is 59.4 cm³/mol. The Labute approximate surface area is 92.8 Å². The molecule has 0 heterocycles. The lowest BCUT2D eigenvalue weighted by Gasteiger charge is -2.05. The molecule has 0 saturated heterocycles. The van der Waals surface area contributed by atoms with Crippen LogP contribution < -0.4 is 5.48 Å². The standard InChI is InChI=1S/C10H11ClN2O2/c1-7(2)15-10(13-14)12-9-5-3-8(11)4-6-9/h3-6,14H,1H2,2H3,(H,12,13). The Morgan fingerprint density at radius 1 is 1.47 bits per heavy atom. The summed E-state index contributed by atoms with van der Waals surface area (Å²) < 4.78 is 5.00. The van der Waals surface area contributed by atoms with Gasteiger partial charge in [-0.1, -0.05) is 18.2 Å². The lowest BCUT2D eigenvalue weighted by molar-refractivity contribution is 0.197. The minimum atomic E-state index is -0.0372. The zero-order chi connectivity index (χ0) is 11.3. The third-order valence-electron chi connectivity index (χ3n) is 1.42. The van der Waals surface area contributed by atoms with Gasteiger partial charge in [0, 0.05) is 5.02 Å². The highest BCUT2D eigenvalue weighted by Gasteiger charge is 1.99. The van der Waals surface area contributed by atoms with Gasteiger partial charge in [0.25, 0.3) is 0 Å². The Balaban J connectivity index is 2.83. The van der Waals surface area contributed by atoms with E-state index in [4.69, 9.17) is 21.5 Å². The van der Waals surface area contributed by atoms with Crippen molar-refractivity contribution in [2.75, 3.05) is 0 Å². The summed E-state index contributed by atoms with van der Waals surface area (Å²) in [6, 6.07) is 6.74. The van der Waals surface area contributed by atoms with Gasteiger partial charge in [-0.3, -0.25) is 5.21 Å². The molecule has 0 spiro atoms. The van der Waals surface area contributed by atoms with Crippen LogP contribution in [0.2, 0.25) is 5.02 Å². The van der Waals surface area contributed by atoms with Crippen LogP contribution in [0.25, 0.3) is 0 Å². The van der Waals surface area contributed by atoms with Gasteiger partial charge in [0.2, 0.25) is 0 Å². The number of aliphatic imine (C=N–C) groups is 1. The van der Waals surface area contributed by atoms with E-state index >= 15 is 0 Å². The molecule has 0 unspecified atom stereocenters. The van der Waals surface area contributed by atoms with Gasteiger partial charge in [-0.15, -0.1) is 0 Å². The van der Waals surface area contributed by atoms with Crippen LogP contribution in [-0.2, 0) is 4.74 Å². The second-order valence-corrected chi connectivity index (χ2v) is 3.25. The lowest BCUT2D eigenvalue weighted by atomic mass is 10.3. The molecule has 0 fully saturated rings. The summed E-state index contributed by atoms with van der Waals surface area (Å²) in [4.78, 5) is 3.97. The van der Waals surface area contributed by atoms with Gasteiger partial charge in [-0.25, -0.2) is 5.48 Å². The number of allylic oxidation sites excluding steroid dienone is 1. The van der Waals surface area contributed by atoms with Crippen LogP contribution in [0.5, 0.6) is 0 Å². The second-order valence-electron chi connectivity index (χ2n) is 2.81. The smallest absolute Gasteiger partial charge is 0.319 e. The summed E-state index contributed by atoms with van der Waals surface area (Å²) in [6.45, 7) is 5.17. The number of hydroxylamine groups is 1. The third-order valence-corrected chi connectivity index (χ3v) is 1.68. The normalized spacial score (nSPS) is 11.0. The van der Waals surface area contributed by atoms with E-state index in [0.717, 1.165) is 0 Å². The number of benzene rings is 1. The fraction of sp³-hybridized carbons (Fsp3) is 0.100. The van der Waals surface area contributed by atoms with E-state index in [1.807, 2.05) is 5.48 Å². The highest BCUT2D eigenvalue weighted by atomic mass is 35.5. The molecule has 0 aliphatic heterocycles. The summed E-state index contributed by atoms with van der Waals surface area (Å²) >= 11 is 5.71. The summed E-state index contributed by atoms with van der Waals surface area (Å²) in [5.41, 5.74) is 2.44. The van der Waals surface area contributed by atoms with Crippen molar-refractivity contribution in [2.24, 2.45) is 4.99 Å². The van der Waals surface area contributed by atoms with Crippen LogP contribution in [0.15, 0.2) is 41.6 Å². The van der Waals surface area contributed by atoms with Crippen molar-refractivity contribution in [2.45, 2.75) is 6.92 Å². The first kappa shape index (κ1) is 11.6. The maximum absolute atomic E-state index is 8.72. The molecule has 0 aliphatic rings. The molecule has 15 heavy (non-hydrogen) atoms. The molecule has 1 aromatic rings. The molecule has 0 bridgehead atoms. The molecule has 5 heteroatoms. The first-order chi connectivity index (χ1) is 7.11. The highest BCUT2D eigenvalue weighted by molar-refractivity contribution is 6.30. The minimum Gasteiger partial charge on any atom is -0.430 e. The number of amidine groups is 1. The molecule has 0 radical (unpaired) electrons. The number of hydrogen-bond acceptors (Lipinski definition) is 3. The first-order valence-corrected chi connectivity index (χ1v) is 4.57. The summed E-state index contributed by atoms with van der Waals surface area (Å²) in [5.74, 6) is 0.421. The molecule has 2 N–H and O–H groups in total. The Bertz CT molecular complexity index is 374. The van der Waals surface area contributed by atoms with Crippen molar-refractivity contribution < 1.29 is 9.94 Å². The first-order valence-electron chi connectivity index (χ1n) is 4.19. The van der Waals surface area contributed by atoms with E-state index in [9.17, 15) is 0 Å². The lowest BCUT2D eigenvalue weighted by Crippen LogP contribution is -2.21. The van der Waals surface area contributed by atoms with E-state index in [1.165, 1.54) is 0 Å². The van der Waals surface area contributed by atoms with Gasteiger partial charge < -0.3 is 4.74 Å². The number of rotatable bonds is 2. The van der Waals surface area contributed by atoms with Gasteiger partial charge in [0.1, 0.15) is 0 Å². The minimum absolute atomic E-state index is 0.0372. The topological polar surface area (TPSA) is 53.8 Å². The maximum atomic E-state index is 8.72. The predicted octanol–water partition coefficient (Wildman–Crippen LogP) is 2.86. The average molecular weight is 227 g/mol. The van der Waals surface area contributed by atoms with Gasteiger partial charge in [0.05, 0.1) is 11.4 Å².